The van der Waals surface area contributed by atoms with E-state index >= 15 is 0 Å². The van der Waals surface area contributed by atoms with E-state index in [-0.39, 0.29) is 18.0 Å². The Labute approximate surface area is 117 Å². The van der Waals surface area contributed by atoms with Crippen LogP contribution in [0.5, 0.6) is 0 Å². The largest absolute Gasteiger partial charge is 0.459 e. The Morgan fingerprint density at radius 1 is 1.50 bits per heavy atom. The van der Waals surface area contributed by atoms with E-state index in [1.807, 2.05) is 37.3 Å². The molecule has 3 N–H and O–H groups in total. The lowest BCUT2D eigenvalue weighted by molar-refractivity contribution is -0.123. The van der Waals surface area contributed by atoms with E-state index in [1.54, 1.807) is 0 Å². The first-order valence-electron chi connectivity index (χ1n) is 6.84. The molecule has 106 valence electrons. The van der Waals surface area contributed by atoms with Gasteiger partial charge in [-0.15, -0.1) is 0 Å². The first kappa shape index (κ1) is 13.1. The summed E-state index contributed by atoms with van der Waals surface area (Å²) in [6.45, 7) is 2.36. The molecule has 1 aliphatic rings. The maximum Gasteiger partial charge on any atom is 0.237 e. The molecule has 0 spiro atoms. The molecule has 0 bridgehead atoms. The number of carbonyl (C=O) groups excluding carboxylic acids is 1. The van der Waals surface area contributed by atoms with E-state index in [0.717, 1.165) is 16.7 Å². The monoisotopic (exact) mass is 274 g/mol. The fourth-order valence-electron chi connectivity index (χ4n) is 2.52. The van der Waals surface area contributed by atoms with Crippen molar-refractivity contribution < 1.29 is 14.3 Å². The first-order chi connectivity index (χ1) is 9.63. The molecule has 3 rings (SSSR count). The quantitative estimate of drug-likeness (QED) is 0.789. The van der Waals surface area contributed by atoms with Gasteiger partial charge in [-0.25, -0.2) is 0 Å². The molecule has 0 radical (unpaired) electrons. The Balaban J connectivity index is 1.69. The molecule has 1 aromatic carbocycles. The summed E-state index contributed by atoms with van der Waals surface area (Å²) in [5.41, 5.74) is 0.818. The molecule has 1 fully saturated rings. The molecule has 1 aromatic heterocycles. The SMILES string of the molecule is C[C@H](NC(=O)[C@H]1C[C@@H](O)CN1)c1cc2ccccc2o1. The Hall–Kier alpha value is -1.85. The maximum atomic E-state index is 12.1. The van der Waals surface area contributed by atoms with Crippen LogP contribution in [0.3, 0.4) is 0 Å². The number of nitrogens with one attached hydrogen (secondary N) is 2. The fraction of sp³-hybridized carbons (Fsp3) is 0.400. The predicted molar refractivity (Wildman–Crippen MR) is 75.2 cm³/mol. The van der Waals surface area contributed by atoms with Gasteiger partial charge < -0.3 is 20.2 Å². The van der Waals surface area contributed by atoms with E-state index in [9.17, 15) is 9.90 Å². The molecule has 2 heterocycles. The summed E-state index contributed by atoms with van der Waals surface area (Å²) < 4.78 is 5.73. The third-order valence-corrected chi connectivity index (χ3v) is 3.65. The van der Waals surface area contributed by atoms with E-state index in [4.69, 9.17) is 4.42 Å². The second-order valence-corrected chi connectivity index (χ2v) is 5.27. The Bertz CT molecular complexity index is 589. The van der Waals surface area contributed by atoms with Gasteiger partial charge in [0.2, 0.25) is 5.91 Å². The number of aliphatic hydroxyl groups is 1. The second-order valence-electron chi connectivity index (χ2n) is 5.27. The summed E-state index contributed by atoms with van der Waals surface area (Å²) in [7, 11) is 0. The molecule has 0 unspecified atom stereocenters. The molecule has 5 heteroatoms. The fourth-order valence-corrected chi connectivity index (χ4v) is 2.52. The van der Waals surface area contributed by atoms with Crippen LogP contribution in [-0.4, -0.2) is 29.7 Å². The van der Waals surface area contributed by atoms with Crippen molar-refractivity contribution in [2.24, 2.45) is 0 Å². The van der Waals surface area contributed by atoms with Crippen LogP contribution in [0.25, 0.3) is 11.0 Å². The van der Waals surface area contributed by atoms with Crippen molar-refractivity contribution in [1.29, 1.82) is 0 Å². The normalized spacial score (nSPS) is 23.9. The van der Waals surface area contributed by atoms with E-state index in [0.29, 0.717) is 13.0 Å². The van der Waals surface area contributed by atoms with Crippen LogP contribution in [0.4, 0.5) is 0 Å². The smallest absolute Gasteiger partial charge is 0.237 e. The Kier molecular flexibility index (Phi) is 3.46. The van der Waals surface area contributed by atoms with E-state index in [2.05, 4.69) is 10.6 Å². The molecule has 2 aromatic rings. The second kappa shape index (κ2) is 5.26. The number of hydrogen-bond donors (Lipinski definition) is 3. The first-order valence-corrected chi connectivity index (χ1v) is 6.84. The predicted octanol–water partition coefficient (Wildman–Crippen LogP) is 1.33. The highest BCUT2D eigenvalue weighted by Crippen LogP contribution is 2.23. The van der Waals surface area contributed by atoms with Crippen molar-refractivity contribution >= 4 is 16.9 Å². The van der Waals surface area contributed by atoms with Crippen LogP contribution >= 0.6 is 0 Å². The minimum atomic E-state index is -0.438. The summed E-state index contributed by atoms with van der Waals surface area (Å²) in [6.07, 6.45) is 0.0193. The van der Waals surface area contributed by atoms with Gasteiger partial charge in [0.05, 0.1) is 18.2 Å². The zero-order chi connectivity index (χ0) is 14.1. The molecule has 20 heavy (non-hydrogen) atoms. The molecular formula is C15H18N2O3. The van der Waals surface area contributed by atoms with Gasteiger partial charge in [0.15, 0.2) is 0 Å². The third-order valence-electron chi connectivity index (χ3n) is 3.65. The number of carbonyl (C=O) groups is 1. The van der Waals surface area contributed by atoms with Crippen LogP contribution in [0.1, 0.15) is 25.1 Å². The topological polar surface area (TPSA) is 74.5 Å². The number of furan rings is 1. The lowest BCUT2D eigenvalue weighted by Gasteiger charge is -2.15. The van der Waals surface area contributed by atoms with Gasteiger partial charge in [-0.2, -0.15) is 0 Å². The van der Waals surface area contributed by atoms with E-state index < -0.39 is 6.10 Å². The molecule has 1 saturated heterocycles. The highest BCUT2D eigenvalue weighted by Gasteiger charge is 2.29. The Morgan fingerprint density at radius 3 is 3.00 bits per heavy atom. The van der Waals surface area contributed by atoms with Crippen molar-refractivity contribution in [3.05, 3.63) is 36.1 Å². The van der Waals surface area contributed by atoms with Gasteiger partial charge in [-0.3, -0.25) is 4.79 Å². The van der Waals surface area contributed by atoms with Gasteiger partial charge in [0, 0.05) is 11.9 Å². The van der Waals surface area contributed by atoms with Crippen molar-refractivity contribution in [3.8, 4) is 0 Å². The number of amides is 1. The van der Waals surface area contributed by atoms with Crippen LogP contribution in [0.2, 0.25) is 0 Å². The summed E-state index contributed by atoms with van der Waals surface area (Å²) in [6, 6.07) is 9.18. The number of rotatable bonds is 3. The highest BCUT2D eigenvalue weighted by atomic mass is 16.3. The van der Waals surface area contributed by atoms with Crippen LogP contribution in [0.15, 0.2) is 34.7 Å². The van der Waals surface area contributed by atoms with Crippen LogP contribution in [-0.2, 0) is 4.79 Å². The van der Waals surface area contributed by atoms with Crippen LogP contribution in [0, 0.1) is 0 Å². The third kappa shape index (κ3) is 2.55. The van der Waals surface area contributed by atoms with Gasteiger partial charge in [0.1, 0.15) is 11.3 Å². The molecule has 3 atom stereocenters. The average Bonchev–Trinajstić information content (AvgIpc) is 3.04. The number of aliphatic hydroxyl groups excluding tert-OH is 1. The highest BCUT2D eigenvalue weighted by molar-refractivity contribution is 5.83. The molecule has 1 amide bonds. The van der Waals surface area contributed by atoms with Crippen LogP contribution < -0.4 is 10.6 Å². The van der Waals surface area contributed by atoms with Gasteiger partial charge in [0.25, 0.3) is 0 Å². The van der Waals surface area contributed by atoms with Crippen molar-refractivity contribution in [3.63, 3.8) is 0 Å². The minimum Gasteiger partial charge on any atom is -0.459 e. The standard InChI is InChI=1S/C15H18N2O3/c1-9(17-15(19)12-7-11(18)8-16-12)14-6-10-4-2-3-5-13(10)20-14/h2-6,9,11-12,16,18H,7-8H2,1H3,(H,17,19)/t9-,11+,12+/m0/s1. The van der Waals surface area contributed by atoms with E-state index in [1.165, 1.54) is 0 Å². The number of fused-ring (bicyclic) bond motifs is 1. The van der Waals surface area contributed by atoms with Gasteiger partial charge >= 0.3 is 0 Å². The van der Waals surface area contributed by atoms with Crippen molar-refractivity contribution in [1.82, 2.24) is 10.6 Å². The molecule has 1 aliphatic heterocycles. The lowest BCUT2D eigenvalue weighted by Crippen LogP contribution is -2.41. The maximum absolute atomic E-state index is 12.1. The van der Waals surface area contributed by atoms with Crippen molar-refractivity contribution in [2.45, 2.75) is 31.5 Å². The number of hydrogen-bond acceptors (Lipinski definition) is 4. The minimum absolute atomic E-state index is 0.102. The van der Waals surface area contributed by atoms with Gasteiger partial charge in [-0.1, -0.05) is 18.2 Å². The molecule has 0 saturated carbocycles. The summed E-state index contributed by atoms with van der Waals surface area (Å²) in [4.78, 5) is 12.1. The zero-order valence-electron chi connectivity index (χ0n) is 11.3. The Morgan fingerprint density at radius 2 is 2.30 bits per heavy atom. The number of benzene rings is 1. The molecule has 0 aliphatic carbocycles. The number of β-amino-alcohol motifs (C(OH)–C–C–N with tert-alkyl or cyclic N) is 1. The summed E-state index contributed by atoms with van der Waals surface area (Å²) in [5.74, 6) is 0.632. The lowest BCUT2D eigenvalue weighted by atomic mass is 10.1. The van der Waals surface area contributed by atoms with Gasteiger partial charge in [-0.05, 0) is 25.5 Å². The average molecular weight is 274 g/mol. The number of para-hydroxylation sites is 1. The molecule has 5 nitrogen and oxygen atoms in total. The summed E-state index contributed by atoms with van der Waals surface area (Å²) >= 11 is 0. The molecular weight excluding hydrogens is 256 g/mol. The zero-order valence-corrected chi connectivity index (χ0v) is 11.3. The summed E-state index contributed by atoms with van der Waals surface area (Å²) in [5, 5.41) is 16.4. The van der Waals surface area contributed by atoms with Crippen molar-refractivity contribution in [2.75, 3.05) is 6.54 Å².